The Morgan fingerprint density at radius 2 is 2.11 bits per heavy atom. The maximum absolute atomic E-state index is 12.2. The van der Waals surface area contributed by atoms with Crippen LogP contribution in [0.15, 0.2) is 12.2 Å². The second-order valence-corrected chi connectivity index (χ2v) is 6.89. The van der Waals surface area contributed by atoms with Crippen molar-refractivity contribution in [1.82, 2.24) is 0 Å². The van der Waals surface area contributed by atoms with Gasteiger partial charge in [-0.15, -0.1) is 0 Å². The van der Waals surface area contributed by atoms with E-state index in [4.69, 9.17) is 9.47 Å². The van der Waals surface area contributed by atoms with E-state index in [0.717, 1.165) is 25.0 Å². The van der Waals surface area contributed by atoms with Crippen LogP contribution in [0.3, 0.4) is 0 Å². The van der Waals surface area contributed by atoms with Crippen molar-refractivity contribution in [2.75, 3.05) is 13.2 Å². The van der Waals surface area contributed by atoms with Crippen molar-refractivity contribution in [2.45, 2.75) is 53.1 Å². The molecule has 0 aromatic heterocycles. The van der Waals surface area contributed by atoms with Crippen molar-refractivity contribution in [1.29, 1.82) is 0 Å². The van der Waals surface area contributed by atoms with Crippen LogP contribution in [0.5, 0.6) is 0 Å². The van der Waals surface area contributed by atoms with Gasteiger partial charge in [-0.05, 0) is 45.4 Å². The molecule has 19 heavy (non-hydrogen) atoms. The standard InChI is InChI=1S/C16H28O3/c1-11-7-14(8-12(2)10-18-9-11)13(3)15(17)19-16(4,5)6/h12-14H,1,7-10H2,2-6H3. The maximum Gasteiger partial charge on any atom is 0.309 e. The van der Waals surface area contributed by atoms with Crippen LogP contribution < -0.4 is 0 Å². The molecule has 1 aliphatic rings. The second-order valence-electron chi connectivity index (χ2n) is 6.89. The van der Waals surface area contributed by atoms with Crippen molar-refractivity contribution in [2.24, 2.45) is 17.8 Å². The van der Waals surface area contributed by atoms with E-state index in [0.29, 0.717) is 18.4 Å². The molecule has 110 valence electrons. The van der Waals surface area contributed by atoms with Gasteiger partial charge in [0.2, 0.25) is 0 Å². The topological polar surface area (TPSA) is 35.5 Å². The fraction of sp³-hybridized carbons (Fsp3) is 0.812. The molecule has 0 aliphatic carbocycles. The molecule has 1 heterocycles. The highest BCUT2D eigenvalue weighted by Crippen LogP contribution is 2.30. The lowest BCUT2D eigenvalue weighted by Crippen LogP contribution is -2.33. The fourth-order valence-corrected chi connectivity index (χ4v) is 2.47. The van der Waals surface area contributed by atoms with Crippen molar-refractivity contribution in [3.05, 3.63) is 12.2 Å². The molecule has 3 heteroatoms. The maximum atomic E-state index is 12.2. The summed E-state index contributed by atoms with van der Waals surface area (Å²) in [5, 5.41) is 0. The van der Waals surface area contributed by atoms with Crippen molar-refractivity contribution >= 4 is 5.97 Å². The van der Waals surface area contributed by atoms with Gasteiger partial charge in [-0.1, -0.05) is 26.0 Å². The van der Waals surface area contributed by atoms with Gasteiger partial charge in [-0.2, -0.15) is 0 Å². The zero-order valence-corrected chi connectivity index (χ0v) is 13.0. The van der Waals surface area contributed by atoms with E-state index in [-0.39, 0.29) is 11.9 Å². The summed E-state index contributed by atoms with van der Waals surface area (Å²) in [6, 6.07) is 0. The summed E-state index contributed by atoms with van der Waals surface area (Å²) in [5.41, 5.74) is 0.658. The third-order valence-corrected chi connectivity index (χ3v) is 3.45. The minimum Gasteiger partial charge on any atom is -0.460 e. The van der Waals surface area contributed by atoms with Crippen molar-refractivity contribution in [3.8, 4) is 0 Å². The van der Waals surface area contributed by atoms with E-state index in [1.165, 1.54) is 0 Å². The van der Waals surface area contributed by atoms with Crippen molar-refractivity contribution in [3.63, 3.8) is 0 Å². The molecular formula is C16H28O3. The molecule has 1 fully saturated rings. The summed E-state index contributed by atoms with van der Waals surface area (Å²) in [6.07, 6.45) is 1.84. The van der Waals surface area contributed by atoms with Crippen LogP contribution >= 0.6 is 0 Å². The fourth-order valence-electron chi connectivity index (χ4n) is 2.47. The predicted molar refractivity (Wildman–Crippen MR) is 76.9 cm³/mol. The van der Waals surface area contributed by atoms with Gasteiger partial charge in [0.25, 0.3) is 0 Å². The second kappa shape index (κ2) is 6.56. The molecule has 1 saturated heterocycles. The molecule has 0 radical (unpaired) electrons. The Morgan fingerprint density at radius 1 is 1.47 bits per heavy atom. The summed E-state index contributed by atoms with van der Waals surface area (Å²) in [5.74, 6) is 0.597. The zero-order chi connectivity index (χ0) is 14.6. The molecule has 3 nitrogen and oxygen atoms in total. The monoisotopic (exact) mass is 268 g/mol. The Kier molecular flexibility index (Phi) is 5.60. The molecule has 3 unspecified atom stereocenters. The molecule has 0 amide bonds. The van der Waals surface area contributed by atoms with Crippen LogP contribution in [0.1, 0.15) is 47.5 Å². The number of ether oxygens (including phenoxy) is 2. The lowest BCUT2D eigenvalue weighted by atomic mass is 9.81. The first-order chi connectivity index (χ1) is 8.69. The Balaban J connectivity index is 2.68. The van der Waals surface area contributed by atoms with Gasteiger partial charge in [0.05, 0.1) is 12.5 Å². The lowest BCUT2D eigenvalue weighted by Gasteiger charge is -2.30. The molecule has 0 saturated carbocycles. The molecule has 0 spiro atoms. The Morgan fingerprint density at radius 3 is 2.68 bits per heavy atom. The van der Waals surface area contributed by atoms with E-state index in [1.807, 2.05) is 27.7 Å². The Hall–Kier alpha value is -0.830. The van der Waals surface area contributed by atoms with Crippen LogP contribution in [-0.4, -0.2) is 24.8 Å². The molecule has 3 atom stereocenters. The smallest absolute Gasteiger partial charge is 0.309 e. The first-order valence-corrected chi connectivity index (χ1v) is 7.16. The van der Waals surface area contributed by atoms with Gasteiger partial charge >= 0.3 is 5.97 Å². The minimum absolute atomic E-state index is 0.0866. The van der Waals surface area contributed by atoms with E-state index in [9.17, 15) is 4.79 Å². The molecule has 0 aromatic rings. The van der Waals surface area contributed by atoms with Crippen molar-refractivity contribution < 1.29 is 14.3 Å². The molecule has 1 aliphatic heterocycles. The van der Waals surface area contributed by atoms with E-state index in [2.05, 4.69) is 13.5 Å². The van der Waals surface area contributed by atoms with Crippen LogP contribution in [-0.2, 0) is 14.3 Å². The first kappa shape index (κ1) is 16.2. The average Bonchev–Trinajstić information content (AvgIpc) is 2.22. The normalized spacial score (nSPS) is 27.3. The Labute approximate surface area is 117 Å². The van der Waals surface area contributed by atoms with Gasteiger partial charge in [0.1, 0.15) is 5.60 Å². The van der Waals surface area contributed by atoms with Gasteiger partial charge in [0.15, 0.2) is 0 Å². The highest BCUT2D eigenvalue weighted by atomic mass is 16.6. The van der Waals surface area contributed by atoms with E-state index in [1.54, 1.807) is 0 Å². The van der Waals surface area contributed by atoms with Gasteiger partial charge in [0, 0.05) is 6.61 Å². The van der Waals surface area contributed by atoms with Gasteiger partial charge < -0.3 is 9.47 Å². The average molecular weight is 268 g/mol. The van der Waals surface area contributed by atoms with Crippen LogP contribution in [0, 0.1) is 17.8 Å². The van der Waals surface area contributed by atoms with Crippen LogP contribution in [0.2, 0.25) is 0 Å². The largest absolute Gasteiger partial charge is 0.460 e. The third kappa shape index (κ3) is 5.77. The number of hydrogen-bond acceptors (Lipinski definition) is 3. The van der Waals surface area contributed by atoms with E-state index < -0.39 is 5.60 Å². The SMILES string of the molecule is C=C1COCC(C)CC(C(C)C(=O)OC(C)(C)C)C1. The number of esters is 1. The predicted octanol–water partition coefficient (Wildman–Crippen LogP) is 3.58. The number of hydrogen-bond donors (Lipinski definition) is 0. The van der Waals surface area contributed by atoms with Gasteiger partial charge in [-0.25, -0.2) is 0 Å². The Bertz CT molecular complexity index is 327. The summed E-state index contributed by atoms with van der Waals surface area (Å²) < 4.78 is 11.0. The van der Waals surface area contributed by atoms with E-state index >= 15 is 0 Å². The summed E-state index contributed by atoms with van der Waals surface area (Å²) in [4.78, 5) is 12.2. The van der Waals surface area contributed by atoms with Gasteiger partial charge in [-0.3, -0.25) is 4.79 Å². The summed E-state index contributed by atoms with van der Waals surface area (Å²) in [6.45, 7) is 15.3. The summed E-state index contributed by atoms with van der Waals surface area (Å²) >= 11 is 0. The molecule has 1 rings (SSSR count). The lowest BCUT2D eigenvalue weighted by molar-refractivity contribution is -0.161. The number of carbonyl (C=O) groups excluding carboxylic acids is 1. The highest BCUT2D eigenvalue weighted by Gasteiger charge is 2.30. The number of rotatable bonds is 2. The third-order valence-electron chi connectivity index (χ3n) is 3.45. The first-order valence-electron chi connectivity index (χ1n) is 7.16. The zero-order valence-electron chi connectivity index (χ0n) is 13.0. The molecule has 0 N–H and O–H groups in total. The molecule has 0 bridgehead atoms. The molecule has 0 aromatic carbocycles. The highest BCUT2D eigenvalue weighted by molar-refractivity contribution is 5.72. The summed E-state index contributed by atoms with van der Waals surface area (Å²) in [7, 11) is 0. The number of carbonyl (C=O) groups is 1. The minimum atomic E-state index is -0.418. The molecular weight excluding hydrogens is 240 g/mol. The van der Waals surface area contributed by atoms with Crippen LogP contribution in [0.4, 0.5) is 0 Å². The quantitative estimate of drug-likeness (QED) is 0.567. The van der Waals surface area contributed by atoms with Crippen LogP contribution in [0.25, 0.3) is 0 Å².